The number of H-pyrrole nitrogens is 1. The number of hydrogen-bond acceptors (Lipinski definition) is 4. The molecular weight excluding hydrogens is 370 g/mol. The number of anilines is 1. The summed E-state index contributed by atoms with van der Waals surface area (Å²) in [5.41, 5.74) is 2.75. The Bertz CT molecular complexity index is 1110. The van der Waals surface area contributed by atoms with E-state index in [0.29, 0.717) is 34.9 Å². The lowest BCUT2D eigenvalue weighted by Gasteiger charge is -2.16. The molecule has 2 aromatic carbocycles. The number of amides is 1. The number of para-hydroxylation sites is 2. The van der Waals surface area contributed by atoms with E-state index in [-0.39, 0.29) is 11.6 Å². The number of methoxy groups -OCH3 is 2. The molecular formula is C22H23N3O4. The summed E-state index contributed by atoms with van der Waals surface area (Å²) in [6, 6.07) is 10.5. The zero-order valence-electron chi connectivity index (χ0n) is 16.6. The highest BCUT2D eigenvalue weighted by Crippen LogP contribution is 2.33. The van der Waals surface area contributed by atoms with Gasteiger partial charge in [-0.05, 0) is 37.6 Å². The first-order valence-corrected chi connectivity index (χ1v) is 9.03. The first kappa shape index (κ1) is 20.0. The van der Waals surface area contributed by atoms with Crippen molar-refractivity contribution in [3.8, 4) is 17.2 Å². The number of carbonyl (C=O) groups is 1. The second-order valence-corrected chi connectivity index (χ2v) is 6.41. The number of nitrogens with zero attached hydrogens (tertiary/aromatic N) is 1. The lowest BCUT2D eigenvalue weighted by Crippen LogP contribution is -2.20. The summed E-state index contributed by atoms with van der Waals surface area (Å²) < 4.78 is 12.3. The fourth-order valence-electron chi connectivity index (χ4n) is 3.21. The fourth-order valence-corrected chi connectivity index (χ4v) is 3.21. The van der Waals surface area contributed by atoms with Crippen LogP contribution in [0.5, 0.6) is 11.5 Å². The number of carbonyl (C=O) groups excluding carboxylic acids is 1. The molecule has 0 fully saturated rings. The first-order valence-electron chi connectivity index (χ1n) is 9.03. The standard InChI is InChI=1S/C22H23N3O4/c1-5-8-15-11-16(12-19(28-3)20(15)29-4)21(26)24-17-9-6-7-10-18(17)25-14(2)13-23-22(25)27/h5-7,9-13H,1,8H2,2-4H3,(H,23,27)(H,24,26). The highest BCUT2D eigenvalue weighted by atomic mass is 16.5. The number of aromatic amines is 1. The monoisotopic (exact) mass is 393 g/mol. The summed E-state index contributed by atoms with van der Waals surface area (Å²) in [6.45, 7) is 5.57. The summed E-state index contributed by atoms with van der Waals surface area (Å²) in [7, 11) is 3.07. The van der Waals surface area contributed by atoms with Crippen LogP contribution in [-0.4, -0.2) is 29.7 Å². The van der Waals surface area contributed by atoms with Crippen LogP contribution >= 0.6 is 0 Å². The number of nitrogens with one attached hydrogen (secondary N) is 2. The molecule has 0 aliphatic rings. The molecule has 7 nitrogen and oxygen atoms in total. The van der Waals surface area contributed by atoms with Crippen LogP contribution < -0.4 is 20.5 Å². The molecule has 1 amide bonds. The fraction of sp³-hybridized carbons (Fsp3) is 0.182. The molecule has 0 unspecified atom stereocenters. The predicted octanol–water partition coefficient (Wildman–Crippen LogP) is 3.47. The summed E-state index contributed by atoms with van der Waals surface area (Å²) in [5, 5.41) is 2.89. The van der Waals surface area contributed by atoms with E-state index in [0.717, 1.165) is 11.3 Å². The third-order valence-corrected chi connectivity index (χ3v) is 4.54. The van der Waals surface area contributed by atoms with Gasteiger partial charge < -0.3 is 19.8 Å². The number of aromatic nitrogens is 2. The van der Waals surface area contributed by atoms with Crippen molar-refractivity contribution in [2.45, 2.75) is 13.3 Å². The molecule has 2 N–H and O–H groups in total. The minimum atomic E-state index is -0.329. The van der Waals surface area contributed by atoms with Gasteiger partial charge in [-0.2, -0.15) is 0 Å². The van der Waals surface area contributed by atoms with Crippen molar-refractivity contribution in [1.82, 2.24) is 9.55 Å². The molecule has 29 heavy (non-hydrogen) atoms. The number of benzene rings is 2. The lowest BCUT2D eigenvalue weighted by molar-refractivity contribution is 0.102. The van der Waals surface area contributed by atoms with Crippen LogP contribution in [0.4, 0.5) is 5.69 Å². The second-order valence-electron chi connectivity index (χ2n) is 6.41. The minimum absolute atomic E-state index is 0.274. The summed E-state index contributed by atoms with van der Waals surface area (Å²) in [6.07, 6.45) is 3.88. The summed E-state index contributed by atoms with van der Waals surface area (Å²) in [5.74, 6) is 0.701. The maximum atomic E-state index is 13.0. The van der Waals surface area contributed by atoms with Crippen LogP contribution in [0.25, 0.3) is 5.69 Å². The second kappa shape index (κ2) is 8.52. The van der Waals surface area contributed by atoms with Gasteiger partial charge in [-0.15, -0.1) is 6.58 Å². The van der Waals surface area contributed by atoms with Crippen LogP contribution in [0.1, 0.15) is 21.6 Å². The summed E-state index contributed by atoms with van der Waals surface area (Å²) >= 11 is 0. The van der Waals surface area contributed by atoms with Crippen molar-refractivity contribution in [1.29, 1.82) is 0 Å². The van der Waals surface area contributed by atoms with E-state index in [1.807, 2.05) is 13.0 Å². The molecule has 7 heteroatoms. The minimum Gasteiger partial charge on any atom is -0.493 e. The van der Waals surface area contributed by atoms with Crippen molar-refractivity contribution in [2.75, 3.05) is 19.5 Å². The average molecular weight is 393 g/mol. The zero-order chi connectivity index (χ0) is 21.0. The molecule has 3 rings (SSSR count). The Labute approximate surface area is 168 Å². The molecule has 0 bridgehead atoms. The Hall–Kier alpha value is -3.74. The van der Waals surface area contributed by atoms with Gasteiger partial charge in [0.15, 0.2) is 11.5 Å². The molecule has 150 valence electrons. The number of imidazole rings is 1. The van der Waals surface area contributed by atoms with Crippen LogP contribution in [0.15, 0.2) is 60.0 Å². The van der Waals surface area contributed by atoms with Crippen molar-refractivity contribution in [2.24, 2.45) is 0 Å². The Kier molecular flexibility index (Phi) is 5.87. The van der Waals surface area contributed by atoms with Gasteiger partial charge in [-0.1, -0.05) is 18.2 Å². The van der Waals surface area contributed by atoms with Crippen LogP contribution in [-0.2, 0) is 6.42 Å². The van der Waals surface area contributed by atoms with E-state index in [1.54, 1.807) is 49.7 Å². The van der Waals surface area contributed by atoms with Gasteiger partial charge in [0.2, 0.25) is 0 Å². The van der Waals surface area contributed by atoms with Gasteiger partial charge in [0.25, 0.3) is 5.91 Å². The first-order chi connectivity index (χ1) is 14.0. The Morgan fingerprint density at radius 3 is 2.62 bits per heavy atom. The van der Waals surface area contributed by atoms with Crippen molar-refractivity contribution in [3.63, 3.8) is 0 Å². The molecule has 0 spiro atoms. The number of hydrogen-bond donors (Lipinski definition) is 2. The van der Waals surface area contributed by atoms with E-state index in [9.17, 15) is 9.59 Å². The third kappa shape index (κ3) is 3.94. The quantitative estimate of drug-likeness (QED) is 0.602. The molecule has 1 aromatic heterocycles. The molecule has 0 aliphatic heterocycles. The Balaban J connectivity index is 2.01. The van der Waals surface area contributed by atoms with Gasteiger partial charge in [0.05, 0.1) is 25.6 Å². The van der Waals surface area contributed by atoms with Crippen molar-refractivity contribution in [3.05, 3.63) is 82.6 Å². The normalized spacial score (nSPS) is 10.4. The number of allylic oxidation sites excluding steroid dienone is 1. The number of aryl methyl sites for hydroxylation is 1. The predicted molar refractivity (Wildman–Crippen MR) is 113 cm³/mol. The van der Waals surface area contributed by atoms with Crippen molar-refractivity contribution < 1.29 is 14.3 Å². The van der Waals surface area contributed by atoms with E-state index in [2.05, 4.69) is 16.9 Å². The molecule has 0 aliphatic carbocycles. The van der Waals surface area contributed by atoms with Crippen LogP contribution in [0.2, 0.25) is 0 Å². The average Bonchev–Trinajstić information content (AvgIpc) is 3.06. The summed E-state index contributed by atoms with van der Waals surface area (Å²) in [4.78, 5) is 27.8. The third-order valence-electron chi connectivity index (χ3n) is 4.54. The topological polar surface area (TPSA) is 85.4 Å². The van der Waals surface area contributed by atoms with Crippen LogP contribution in [0, 0.1) is 6.92 Å². The van der Waals surface area contributed by atoms with E-state index in [1.165, 1.54) is 11.7 Å². The maximum absolute atomic E-state index is 13.0. The number of rotatable bonds is 7. The maximum Gasteiger partial charge on any atom is 0.330 e. The van der Waals surface area contributed by atoms with Gasteiger partial charge in [0.1, 0.15) is 0 Å². The molecule has 0 atom stereocenters. The molecule has 0 radical (unpaired) electrons. The van der Waals surface area contributed by atoms with Crippen molar-refractivity contribution >= 4 is 11.6 Å². The van der Waals surface area contributed by atoms with Gasteiger partial charge >= 0.3 is 5.69 Å². The van der Waals surface area contributed by atoms with Gasteiger partial charge in [-0.25, -0.2) is 4.79 Å². The molecule has 0 saturated heterocycles. The SMILES string of the molecule is C=CCc1cc(C(=O)Nc2ccccc2-n2c(C)c[nH]c2=O)cc(OC)c1OC. The van der Waals surface area contributed by atoms with E-state index >= 15 is 0 Å². The zero-order valence-corrected chi connectivity index (χ0v) is 16.6. The van der Waals surface area contributed by atoms with Crippen LogP contribution in [0.3, 0.4) is 0 Å². The lowest BCUT2D eigenvalue weighted by atomic mass is 10.0. The van der Waals surface area contributed by atoms with Gasteiger partial charge in [0, 0.05) is 23.0 Å². The van der Waals surface area contributed by atoms with E-state index < -0.39 is 0 Å². The Morgan fingerprint density at radius 2 is 2.00 bits per heavy atom. The highest BCUT2D eigenvalue weighted by Gasteiger charge is 2.17. The number of ether oxygens (including phenoxy) is 2. The molecule has 3 aromatic rings. The van der Waals surface area contributed by atoms with E-state index in [4.69, 9.17) is 9.47 Å². The largest absolute Gasteiger partial charge is 0.493 e. The molecule has 1 heterocycles. The highest BCUT2D eigenvalue weighted by molar-refractivity contribution is 6.06. The Morgan fingerprint density at radius 1 is 1.24 bits per heavy atom. The smallest absolute Gasteiger partial charge is 0.330 e. The molecule has 0 saturated carbocycles. The van der Waals surface area contributed by atoms with Gasteiger partial charge in [-0.3, -0.25) is 9.36 Å².